The molecule has 2 amide bonds. The van der Waals surface area contributed by atoms with E-state index in [1.54, 1.807) is 23.5 Å². The van der Waals surface area contributed by atoms with Crippen LogP contribution in [0.4, 0.5) is 16.2 Å². The van der Waals surface area contributed by atoms with Crippen LogP contribution in [0, 0.1) is 0 Å². The number of fused-ring (bicyclic) bond motifs is 3. The Labute approximate surface area is 148 Å². The Morgan fingerprint density at radius 3 is 3.08 bits per heavy atom. The molecule has 0 aromatic heterocycles. The van der Waals surface area contributed by atoms with Gasteiger partial charge in [0.2, 0.25) is 0 Å². The van der Waals surface area contributed by atoms with Gasteiger partial charge in [-0.25, -0.2) is 9.59 Å². The number of carboxylic acid groups (broad SMARTS) is 1. The van der Waals surface area contributed by atoms with Gasteiger partial charge in [0.25, 0.3) is 0 Å². The average Bonchev–Trinajstić information content (AvgIpc) is 3.12. The van der Waals surface area contributed by atoms with Crippen molar-refractivity contribution in [1.29, 1.82) is 0 Å². The number of carboxylic acids is 1. The predicted octanol–water partition coefficient (Wildman–Crippen LogP) is 2.30. The van der Waals surface area contributed by atoms with Gasteiger partial charge in [-0.3, -0.25) is 4.99 Å². The van der Waals surface area contributed by atoms with Gasteiger partial charge in [-0.1, -0.05) is 0 Å². The summed E-state index contributed by atoms with van der Waals surface area (Å²) in [7, 11) is 0. The van der Waals surface area contributed by atoms with Crippen LogP contribution in [0.15, 0.2) is 28.1 Å². The highest BCUT2D eigenvalue weighted by molar-refractivity contribution is 8.14. The molecular formula is C15H18N4O3S2. The van der Waals surface area contributed by atoms with Crippen molar-refractivity contribution in [3.05, 3.63) is 18.2 Å². The maximum Gasteiger partial charge on any atom is 0.326 e. The van der Waals surface area contributed by atoms with Crippen molar-refractivity contribution in [2.45, 2.75) is 17.4 Å². The first-order chi connectivity index (χ1) is 11.6. The lowest BCUT2D eigenvalue weighted by Gasteiger charge is -2.16. The van der Waals surface area contributed by atoms with Gasteiger partial charge in [-0.2, -0.15) is 11.8 Å². The van der Waals surface area contributed by atoms with Crippen molar-refractivity contribution in [2.24, 2.45) is 4.99 Å². The molecule has 1 atom stereocenters. The number of benzene rings is 1. The third kappa shape index (κ3) is 3.62. The molecule has 1 aromatic rings. The number of aliphatic carboxylic acids is 1. The maximum absolute atomic E-state index is 12.1. The lowest BCUT2D eigenvalue weighted by Crippen LogP contribution is -2.43. The van der Waals surface area contributed by atoms with Crippen LogP contribution in [0.1, 0.15) is 6.42 Å². The molecule has 0 saturated heterocycles. The van der Waals surface area contributed by atoms with E-state index < -0.39 is 18.0 Å². The smallest absolute Gasteiger partial charge is 0.326 e. The van der Waals surface area contributed by atoms with Gasteiger partial charge in [-0.15, -0.1) is 0 Å². The van der Waals surface area contributed by atoms with E-state index in [0.717, 1.165) is 28.8 Å². The zero-order chi connectivity index (χ0) is 17.1. The number of rotatable bonds is 6. The first kappa shape index (κ1) is 17.0. The Morgan fingerprint density at radius 2 is 2.33 bits per heavy atom. The quantitative estimate of drug-likeness (QED) is 0.715. The minimum Gasteiger partial charge on any atom is -0.480 e. The molecule has 24 heavy (non-hydrogen) atoms. The summed E-state index contributed by atoms with van der Waals surface area (Å²) in [6.07, 6.45) is 2.29. The summed E-state index contributed by atoms with van der Waals surface area (Å²) in [6.45, 7) is 1.64. The van der Waals surface area contributed by atoms with Gasteiger partial charge in [0.05, 0.1) is 12.2 Å². The third-order valence-electron chi connectivity index (χ3n) is 3.72. The highest BCUT2D eigenvalue weighted by atomic mass is 32.2. The minimum absolute atomic E-state index is 0.387. The van der Waals surface area contributed by atoms with E-state index in [2.05, 4.69) is 20.5 Å². The van der Waals surface area contributed by atoms with E-state index in [4.69, 9.17) is 0 Å². The van der Waals surface area contributed by atoms with Crippen LogP contribution in [-0.4, -0.2) is 53.4 Å². The number of nitrogens with one attached hydrogen (secondary N) is 2. The normalized spacial score (nSPS) is 16.2. The van der Waals surface area contributed by atoms with Crippen LogP contribution >= 0.6 is 23.5 Å². The number of urea groups is 1. The summed E-state index contributed by atoms with van der Waals surface area (Å²) in [5.41, 5.74) is 1.67. The number of anilines is 2. The van der Waals surface area contributed by atoms with Gasteiger partial charge in [-0.05, 0) is 48.4 Å². The standard InChI is InChI=1S/C15H18N4O3S2/c1-23-7-4-10(13(20)21)18-14(22)17-9-2-3-12-11(8-9)19-6-5-16-15(19)24-12/h2-3,8,10H,4-7H2,1H3,(H,20,21)(H2,17,18,22). The van der Waals surface area contributed by atoms with Crippen molar-refractivity contribution in [3.63, 3.8) is 0 Å². The number of thioether (sulfide) groups is 2. The molecule has 0 radical (unpaired) electrons. The van der Waals surface area contributed by atoms with E-state index in [0.29, 0.717) is 17.9 Å². The lowest BCUT2D eigenvalue weighted by atomic mass is 10.2. The summed E-state index contributed by atoms with van der Waals surface area (Å²) in [4.78, 5) is 30.9. The second-order valence-corrected chi connectivity index (χ2v) is 7.37. The molecule has 9 heteroatoms. The monoisotopic (exact) mass is 366 g/mol. The lowest BCUT2D eigenvalue weighted by molar-refractivity contribution is -0.139. The molecule has 2 aliphatic rings. The molecule has 0 spiro atoms. The van der Waals surface area contributed by atoms with Crippen LogP contribution < -0.4 is 15.5 Å². The fourth-order valence-corrected chi connectivity index (χ4v) is 4.08. The molecular weight excluding hydrogens is 348 g/mol. The zero-order valence-electron chi connectivity index (χ0n) is 13.1. The number of amides is 2. The van der Waals surface area contributed by atoms with E-state index in [1.807, 2.05) is 24.5 Å². The number of nitrogens with zero attached hydrogens (tertiary/aromatic N) is 2. The first-order valence-corrected chi connectivity index (χ1v) is 9.72. The molecule has 3 rings (SSSR count). The van der Waals surface area contributed by atoms with Crippen molar-refractivity contribution in [2.75, 3.05) is 35.3 Å². The third-order valence-corrected chi connectivity index (χ3v) is 5.47. The minimum atomic E-state index is -1.03. The first-order valence-electron chi connectivity index (χ1n) is 7.51. The number of hydrogen-bond acceptors (Lipinski definition) is 6. The topological polar surface area (TPSA) is 94.0 Å². The summed E-state index contributed by atoms with van der Waals surface area (Å²) >= 11 is 3.17. The Morgan fingerprint density at radius 1 is 1.50 bits per heavy atom. The molecule has 2 heterocycles. The number of hydrogen-bond donors (Lipinski definition) is 3. The van der Waals surface area contributed by atoms with E-state index in [1.165, 1.54) is 0 Å². The van der Waals surface area contributed by atoms with Crippen molar-refractivity contribution >= 4 is 52.1 Å². The highest BCUT2D eigenvalue weighted by Gasteiger charge is 2.29. The van der Waals surface area contributed by atoms with Gasteiger partial charge in [0.1, 0.15) is 6.04 Å². The molecule has 0 aliphatic carbocycles. The van der Waals surface area contributed by atoms with E-state index >= 15 is 0 Å². The molecule has 0 saturated carbocycles. The highest BCUT2D eigenvalue weighted by Crippen LogP contribution is 2.43. The summed E-state index contributed by atoms with van der Waals surface area (Å²) in [5.74, 6) is -0.354. The van der Waals surface area contributed by atoms with Crippen LogP contribution in [0.25, 0.3) is 0 Å². The van der Waals surface area contributed by atoms with Crippen molar-refractivity contribution < 1.29 is 14.7 Å². The van der Waals surface area contributed by atoms with E-state index in [-0.39, 0.29) is 0 Å². The second-order valence-electron chi connectivity index (χ2n) is 5.37. The van der Waals surface area contributed by atoms with Crippen LogP contribution in [0.3, 0.4) is 0 Å². The van der Waals surface area contributed by atoms with Gasteiger partial charge < -0.3 is 20.6 Å². The fourth-order valence-electron chi connectivity index (χ4n) is 2.55. The molecule has 1 aromatic carbocycles. The molecule has 0 fully saturated rings. The summed E-state index contributed by atoms with van der Waals surface area (Å²) in [5, 5.41) is 15.4. The summed E-state index contributed by atoms with van der Waals surface area (Å²) in [6, 6.07) is 4.25. The van der Waals surface area contributed by atoms with Gasteiger partial charge in [0, 0.05) is 17.1 Å². The van der Waals surface area contributed by atoms with Crippen LogP contribution in [0.2, 0.25) is 0 Å². The molecule has 1 unspecified atom stereocenters. The Balaban J connectivity index is 1.64. The number of aliphatic imine (C=N–C) groups is 1. The number of carbonyl (C=O) groups is 2. The van der Waals surface area contributed by atoms with Crippen LogP contribution in [0.5, 0.6) is 0 Å². The van der Waals surface area contributed by atoms with E-state index in [9.17, 15) is 14.7 Å². The number of amidine groups is 1. The summed E-state index contributed by atoms with van der Waals surface area (Å²) < 4.78 is 0. The zero-order valence-corrected chi connectivity index (χ0v) is 14.7. The molecule has 7 nitrogen and oxygen atoms in total. The average molecular weight is 366 g/mol. The largest absolute Gasteiger partial charge is 0.480 e. The Kier molecular flexibility index (Phi) is 5.20. The molecule has 2 aliphatic heterocycles. The fraction of sp³-hybridized carbons (Fsp3) is 0.400. The number of carbonyl (C=O) groups excluding carboxylic acids is 1. The van der Waals surface area contributed by atoms with Crippen LogP contribution in [-0.2, 0) is 4.79 Å². The van der Waals surface area contributed by atoms with Gasteiger partial charge >= 0.3 is 12.0 Å². The Hall–Kier alpha value is -1.87. The Bertz CT molecular complexity index is 695. The van der Waals surface area contributed by atoms with Gasteiger partial charge in [0.15, 0.2) is 5.17 Å². The maximum atomic E-state index is 12.1. The SMILES string of the molecule is CSCCC(NC(=O)Nc1ccc2c(c1)N1CCN=C1S2)C(=O)O. The molecule has 0 bridgehead atoms. The molecule has 128 valence electrons. The van der Waals surface area contributed by atoms with Crippen molar-refractivity contribution in [3.8, 4) is 0 Å². The van der Waals surface area contributed by atoms with Crippen molar-refractivity contribution in [1.82, 2.24) is 5.32 Å². The molecule has 3 N–H and O–H groups in total. The second kappa shape index (κ2) is 7.35. The predicted molar refractivity (Wildman–Crippen MR) is 98.5 cm³/mol.